The standard InChI is InChI=1S/C2H3Cl3S.C2H3F3S.2FH/c2*1-6-2(3,4)5;;/h2*1H3;2*1H/p-2. The zero-order valence-electron chi connectivity index (χ0n) is 6.84. The van der Waals surface area contributed by atoms with Crippen LogP contribution in [0.4, 0.5) is 13.2 Å². The Hall–Kier alpha value is 1.22. The van der Waals surface area contributed by atoms with Gasteiger partial charge in [-0.3, -0.25) is 0 Å². The molecule has 0 saturated carbocycles. The highest BCUT2D eigenvalue weighted by molar-refractivity contribution is 8.04. The van der Waals surface area contributed by atoms with Crippen molar-refractivity contribution in [1.82, 2.24) is 0 Å². The summed E-state index contributed by atoms with van der Waals surface area (Å²) in [6.45, 7) is 0. The van der Waals surface area contributed by atoms with Crippen molar-refractivity contribution in [1.29, 1.82) is 0 Å². The zero-order valence-corrected chi connectivity index (χ0v) is 10.7. The van der Waals surface area contributed by atoms with E-state index in [0.29, 0.717) is 0 Å². The van der Waals surface area contributed by atoms with Crippen LogP contribution in [0.15, 0.2) is 0 Å². The summed E-state index contributed by atoms with van der Waals surface area (Å²) in [5.74, 6) is 0. The summed E-state index contributed by atoms with van der Waals surface area (Å²) < 4.78 is 31.1. The summed E-state index contributed by atoms with van der Waals surface area (Å²) >= 11 is 16.7. The van der Waals surface area contributed by atoms with Crippen LogP contribution in [0.3, 0.4) is 0 Å². The minimum Gasteiger partial charge on any atom is -1.00 e. The predicted molar refractivity (Wildman–Crippen MR) is 53.4 cm³/mol. The molecule has 14 heavy (non-hydrogen) atoms. The van der Waals surface area contributed by atoms with Crippen LogP contribution in [0.5, 0.6) is 0 Å². The SMILES string of the molecule is CSC(Cl)(Cl)Cl.CSC(F)(F)F.[F-].[F-]. The van der Waals surface area contributed by atoms with Crippen LogP contribution in [0.2, 0.25) is 0 Å². The number of hydrogen-bond acceptors (Lipinski definition) is 2. The van der Waals surface area contributed by atoms with Gasteiger partial charge in [0.1, 0.15) is 0 Å². The van der Waals surface area contributed by atoms with Crippen LogP contribution in [0.25, 0.3) is 0 Å². The van der Waals surface area contributed by atoms with Crippen molar-refractivity contribution in [2.45, 2.75) is 8.63 Å². The third kappa shape index (κ3) is 37.9. The van der Waals surface area contributed by atoms with Crippen molar-refractivity contribution in [3.8, 4) is 0 Å². The Morgan fingerprint density at radius 2 is 1.00 bits per heavy atom. The van der Waals surface area contributed by atoms with Crippen LogP contribution in [0.1, 0.15) is 0 Å². The Labute approximate surface area is 102 Å². The van der Waals surface area contributed by atoms with E-state index in [1.165, 1.54) is 11.8 Å². The predicted octanol–water partition coefficient (Wildman–Crippen LogP) is -1.45. The molecule has 0 amide bonds. The Kier molecular flexibility index (Phi) is 18.7. The molecule has 92 valence electrons. The fraction of sp³-hybridized carbons (Fsp3) is 1.00. The van der Waals surface area contributed by atoms with Gasteiger partial charge in [0.2, 0.25) is 3.12 Å². The number of halogens is 8. The van der Waals surface area contributed by atoms with E-state index in [4.69, 9.17) is 34.8 Å². The lowest BCUT2D eigenvalue weighted by Gasteiger charge is -2.02. The number of rotatable bonds is 0. The molecule has 0 unspecified atom stereocenters. The molecule has 10 heteroatoms. The maximum Gasteiger partial charge on any atom is 0.441 e. The third-order valence-corrected chi connectivity index (χ3v) is 2.78. The zero-order chi connectivity index (χ0) is 10.4. The van der Waals surface area contributed by atoms with Crippen LogP contribution in [0, 0.1) is 0 Å². The highest BCUT2D eigenvalue weighted by atomic mass is 35.6. The van der Waals surface area contributed by atoms with Gasteiger partial charge in [-0.15, -0.1) is 11.8 Å². The molecule has 0 fully saturated rings. The molecule has 0 rings (SSSR count). The van der Waals surface area contributed by atoms with Crippen LogP contribution < -0.4 is 9.41 Å². The van der Waals surface area contributed by atoms with Gasteiger partial charge in [0, 0.05) is 0 Å². The molecular formula is C4H6Cl3F5S2-2. The Balaban J connectivity index is -0.0000000625. The van der Waals surface area contributed by atoms with Gasteiger partial charge in [-0.1, -0.05) is 46.6 Å². The summed E-state index contributed by atoms with van der Waals surface area (Å²) in [6.07, 6.45) is 2.73. The van der Waals surface area contributed by atoms with Gasteiger partial charge in [-0.2, -0.15) is 13.2 Å². The van der Waals surface area contributed by atoms with E-state index < -0.39 is 8.63 Å². The van der Waals surface area contributed by atoms with E-state index >= 15 is 0 Å². The second-order valence-corrected chi connectivity index (χ2v) is 6.15. The lowest BCUT2D eigenvalue weighted by molar-refractivity contribution is -0.0324. The van der Waals surface area contributed by atoms with Gasteiger partial charge in [-0.25, -0.2) is 0 Å². The quantitative estimate of drug-likeness (QED) is 0.396. The first kappa shape index (κ1) is 24.4. The molecule has 0 atom stereocenters. The second kappa shape index (κ2) is 10.7. The average molecular weight is 320 g/mol. The van der Waals surface area contributed by atoms with Crippen molar-refractivity contribution in [3.63, 3.8) is 0 Å². The van der Waals surface area contributed by atoms with Gasteiger partial charge in [0.05, 0.1) is 0 Å². The largest absolute Gasteiger partial charge is 1.00 e. The molecular weight excluding hydrogens is 314 g/mol. The van der Waals surface area contributed by atoms with Gasteiger partial charge < -0.3 is 9.41 Å². The Morgan fingerprint density at radius 1 is 0.857 bits per heavy atom. The molecule has 0 aliphatic carbocycles. The fourth-order valence-corrected chi connectivity index (χ4v) is 0. The molecule has 0 aliphatic heterocycles. The fourth-order valence-electron chi connectivity index (χ4n) is 0. The van der Waals surface area contributed by atoms with E-state index in [2.05, 4.69) is 0 Å². The van der Waals surface area contributed by atoms with Crippen molar-refractivity contribution in [2.24, 2.45) is 0 Å². The third-order valence-electron chi connectivity index (χ3n) is 0.463. The monoisotopic (exact) mass is 318 g/mol. The molecule has 0 radical (unpaired) electrons. The highest BCUT2D eigenvalue weighted by Crippen LogP contribution is 2.36. The maximum absolute atomic E-state index is 10.7. The maximum atomic E-state index is 10.7. The van der Waals surface area contributed by atoms with Gasteiger partial charge >= 0.3 is 5.51 Å². The molecule has 0 heterocycles. The average Bonchev–Trinajstić information content (AvgIpc) is 1.86. The highest BCUT2D eigenvalue weighted by Gasteiger charge is 2.24. The molecule has 0 aromatic heterocycles. The van der Waals surface area contributed by atoms with Crippen LogP contribution in [-0.4, -0.2) is 21.1 Å². The summed E-state index contributed by atoms with van der Waals surface area (Å²) in [4.78, 5) is 0. The first-order valence-corrected chi connectivity index (χ1v) is 5.94. The van der Waals surface area contributed by atoms with Crippen molar-refractivity contribution in [3.05, 3.63) is 0 Å². The summed E-state index contributed by atoms with van der Waals surface area (Å²) in [5.41, 5.74) is -4.04. The van der Waals surface area contributed by atoms with E-state index in [0.717, 1.165) is 6.26 Å². The van der Waals surface area contributed by atoms with Gasteiger partial charge in [0.25, 0.3) is 0 Å². The van der Waals surface area contributed by atoms with Crippen molar-refractivity contribution < 1.29 is 22.6 Å². The molecule has 0 aromatic carbocycles. The van der Waals surface area contributed by atoms with Crippen molar-refractivity contribution in [2.75, 3.05) is 12.5 Å². The van der Waals surface area contributed by atoms with E-state index in [1.807, 2.05) is 0 Å². The normalized spacial score (nSPS) is 10.3. The van der Waals surface area contributed by atoms with Crippen LogP contribution >= 0.6 is 58.3 Å². The van der Waals surface area contributed by atoms with E-state index in [9.17, 15) is 13.2 Å². The number of thioether (sulfide) groups is 2. The van der Waals surface area contributed by atoms with E-state index in [-0.39, 0.29) is 21.2 Å². The minimum atomic E-state index is -4.04. The molecule has 0 aromatic rings. The van der Waals surface area contributed by atoms with Crippen molar-refractivity contribution >= 4 is 58.3 Å². The van der Waals surface area contributed by atoms with Crippen LogP contribution in [-0.2, 0) is 0 Å². The smallest absolute Gasteiger partial charge is 0.441 e. The first-order valence-electron chi connectivity index (χ1n) is 2.36. The summed E-state index contributed by atoms with van der Waals surface area (Å²) in [5, 5.41) is 0. The Bertz CT molecular complexity index is 101. The summed E-state index contributed by atoms with van der Waals surface area (Å²) in [7, 11) is 0. The Morgan fingerprint density at radius 3 is 1.00 bits per heavy atom. The first-order chi connectivity index (χ1) is 5.12. The molecule has 0 aliphatic rings. The molecule has 0 bridgehead atoms. The molecule has 0 spiro atoms. The summed E-state index contributed by atoms with van der Waals surface area (Å²) in [6, 6.07) is 0. The molecule has 0 saturated heterocycles. The lowest BCUT2D eigenvalue weighted by Crippen LogP contribution is -3.00. The van der Waals surface area contributed by atoms with Gasteiger partial charge in [-0.05, 0) is 12.5 Å². The van der Waals surface area contributed by atoms with Gasteiger partial charge in [0.15, 0.2) is 0 Å². The lowest BCUT2D eigenvalue weighted by atomic mass is 11.6. The van der Waals surface area contributed by atoms with E-state index in [1.54, 1.807) is 6.26 Å². The second-order valence-electron chi connectivity index (χ2n) is 1.30. The number of alkyl halides is 6. The topological polar surface area (TPSA) is 0 Å². The molecule has 0 nitrogen and oxygen atoms in total. The number of hydrogen-bond donors (Lipinski definition) is 0. The molecule has 0 N–H and O–H groups in total. The minimum absolute atomic E-state index is 0.